The van der Waals surface area contributed by atoms with Crippen LogP contribution < -0.4 is 0 Å². The molecule has 0 amide bonds. The minimum Gasteiger partial charge on any atom is -0.392 e. The molecule has 1 N–H and O–H groups in total. The Labute approximate surface area is 90.9 Å². The Morgan fingerprint density at radius 2 is 2.21 bits per heavy atom. The fourth-order valence-corrected chi connectivity index (χ4v) is 1.83. The van der Waals surface area contributed by atoms with Crippen LogP contribution in [0, 0.1) is 0 Å². The fourth-order valence-electron chi connectivity index (χ4n) is 1.44. The molecular formula is C9H8Cl2N2O. The van der Waals surface area contributed by atoms with Gasteiger partial charge in [0, 0.05) is 24.2 Å². The zero-order valence-corrected chi connectivity index (χ0v) is 8.97. The normalized spacial score (nSPS) is 11.1. The third-order valence-corrected chi connectivity index (χ3v) is 2.95. The molecule has 0 aliphatic heterocycles. The monoisotopic (exact) mass is 230 g/mol. The predicted octanol–water partition coefficient (Wildman–Crippen LogP) is 2.37. The summed E-state index contributed by atoms with van der Waals surface area (Å²) in [7, 11) is 1.86. The molecule has 0 bridgehead atoms. The molecule has 14 heavy (non-hydrogen) atoms. The molecule has 0 fully saturated rings. The van der Waals surface area contributed by atoms with Crippen LogP contribution in [0.25, 0.3) is 11.0 Å². The van der Waals surface area contributed by atoms with E-state index in [4.69, 9.17) is 23.2 Å². The summed E-state index contributed by atoms with van der Waals surface area (Å²) in [6.07, 6.45) is 1.85. The number of aliphatic hydroxyl groups is 1. The molecule has 0 spiro atoms. The highest BCUT2D eigenvalue weighted by Gasteiger charge is 2.12. The molecule has 0 unspecified atom stereocenters. The Morgan fingerprint density at radius 3 is 2.86 bits per heavy atom. The second-order valence-electron chi connectivity index (χ2n) is 3.02. The van der Waals surface area contributed by atoms with E-state index in [9.17, 15) is 5.11 Å². The lowest BCUT2D eigenvalue weighted by Crippen LogP contribution is -1.94. The van der Waals surface area contributed by atoms with Gasteiger partial charge in [-0.3, -0.25) is 0 Å². The maximum Gasteiger partial charge on any atom is 0.150 e. The molecule has 2 aromatic rings. The highest BCUT2D eigenvalue weighted by molar-refractivity contribution is 6.42. The minimum atomic E-state index is -0.137. The number of hydrogen-bond donors (Lipinski definition) is 1. The van der Waals surface area contributed by atoms with Crippen molar-refractivity contribution in [2.75, 3.05) is 0 Å². The lowest BCUT2D eigenvalue weighted by molar-refractivity contribution is 0.283. The lowest BCUT2D eigenvalue weighted by Gasteiger charge is -2.04. The summed E-state index contributed by atoms with van der Waals surface area (Å²) >= 11 is 11.8. The third-order valence-electron chi connectivity index (χ3n) is 2.17. The van der Waals surface area contributed by atoms with Gasteiger partial charge >= 0.3 is 0 Å². The van der Waals surface area contributed by atoms with Crippen LogP contribution in [0.1, 0.15) is 5.56 Å². The van der Waals surface area contributed by atoms with Crippen molar-refractivity contribution in [3.8, 4) is 0 Å². The van der Waals surface area contributed by atoms with E-state index in [0.717, 1.165) is 11.0 Å². The molecule has 0 saturated heterocycles. The van der Waals surface area contributed by atoms with E-state index < -0.39 is 0 Å². The van der Waals surface area contributed by atoms with Crippen molar-refractivity contribution < 1.29 is 5.11 Å². The van der Waals surface area contributed by atoms with Crippen molar-refractivity contribution in [3.05, 3.63) is 28.0 Å². The van der Waals surface area contributed by atoms with Gasteiger partial charge in [-0.15, -0.1) is 0 Å². The van der Waals surface area contributed by atoms with Crippen molar-refractivity contribution in [2.45, 2.75) is 6.61 Å². The SMILES string of the molecule is Cn1ccc2c(CO)c(Cl)c(Cl)nc21. The summed E-state index contributed by atoms with van der Waals surface area (Å²) in [5.41, 5.74) is 1.35. The second-order valence-corrected chi connectivity index (χ2v) is 3.75. The fraction of sp³-hybridized carbons (Fsp3) is 0.222. The number of pyridine rings is 1. The van der Waals surface area contributed by atoms with Gasteiger partial charge < -0.3 is 9.67 Å². The van der Waals surface area contributed by atoms with Crippen LogP contribution in [0.15, 0.2) is 12.3 Å². The van der Waals surface area contributed by atoms with Gasteiger partial charge in [0.2, 0.25) is 0 Å². The van der Waals surface area contributed by atoms with Gasteiger partial charge in [0.25, 0.3) is 0 Å². The van der Waals surface area contributed by atoms with Gasteiger partial charge in [0.1, 0.15) is 10.8 Å². The van der Waals surface area contributed by atoms with Crippen molar-refractivity contribution in [1.29, 1.82) is 0 Å². The predicted molar refractivity (Wildman–Crippen MR) is 56.7 cm³/mol. The first-order valence-electron chi connectivity index (χ1n) is 4.05. The number of aryl methyl sites for hydroxylation is 1. The van der Waals surface area contributed by atoms with Gasteiger partial charge in [-0.2, -0.15) is 0 Å². The summed E-state index contributed by atoms with van der Waals surface area (Å²) in [6.45, 7) is -0.137. The molecule has 0 saturated carbocycles. The number of nitrogens with zero attached hydrogens (tertiary/aromatic N) is 2. The molecule has 0 atom stereocenters. The first-order valence-corrected chi connectivity index (χ1v) is 4.80. The van der Waals surface area contributed by atoms with Crippen molar-refractivity contribution >= 4 is 34.2 Å². The number of aliphatic hydroxyl groups excluding tert-OH is 1. The number of hydrogen-bond acceptors (Lipinski definition) is 2. The molecule has 2 rings (SSSR count). The number of aromatic nitrogens is 2. The number of rotatable bonds is 1. The van der Waals surface area contributed by atoms with Crippen LogP contribution in [-0.2, 0) is 13.7 Å². The average Bonchev–Trinajstić information content (AvgIpc) is 2.51. The number of halogens is 2. The summed E-state index contributed by atoms with van der Waals surface area (Å²) < 4.78 is 1.83. The maximum absolute atomic E-state index is 9.17. The van der Waals surface area contributed by atoms with E-state index in [0.29, 0.717) is 10.6 Å². The molecule has 2 aromatic heterocycles. The van der Waals surface area contributed by atoms with Crippen molar-refractivity contribution in [3.63, 3.8) is 0 Å². The van der Waals surface area contributed by atoms with E-state index in [1.807, 2.05) is 23.9 Å². The molecule has 3 nitrogen and oxygen atoms in total. The Hall–Kier alpha value is -0.770. The van der Waals surface area contributed by atoms with Crippen LogP contribution in [0.5, 0.6) is 0 Å². The number of fused-ring (bicyclic) bond motifs is 1. The maximum atomic E-state index is 9.17. The Morgan fingerprint density at radius 1 is 1.50 bits per heavy atom. The molecule has 5 heteroatoms. The zero-order valence-electron chi connectivity index (χ0n) is 7.46. The van der Waals surface area contributed by atoms with E-state index in [1.165, 1.54) is 0 Å². The standard InChI is InChI=1S/C9H8Cl2N2O/c1-13-3-2-5-6(4-14)7(10)8(11)12-9(5)13/h2-3,14H,4H2,1H3. The average molecular weight is 231 g/mol. The molecule has 74 valence electrons. The van der Waals surface area contributed by atoms with Gasteiger partial charge in [-0.1, -0.05) is 23.2 Å². The molecule has 0 aromatic carbocycles. The quantitative estimate of drug-likeness (QED) is 0.765. The van der Waals surface area contributed by atoms with Gasteiger partial charge in [-0.25, -0.2) is 4.98 Å². The summed E-state index contributed by atoms with van der Waals surface area (Å²) in [5, 5.41) is 10.6. The van der Waals surface area contributed by atoms with Crippen LogP contribution in [0.3, 0.4) is 0 Å². The molecule has 0 aliphatic rings. The largest absolute Gasteiger partial charge is 0.392 e. The summed E-state index contributed by atoms with van der Waals surface area (Å²) in [4.78, 5) is 4.13. The van der Waals surface area contributed by atoms with Gasteiger partial charge in [-0.05, 0) is 6.07 Å². The van der Waals surface area contributed by atoms with Crippen molar-refractivity contribution in [1.82, 2.24) is 9.55 Å². The van der Waals surface area contributed by atoms with Crippen LogP contribution in [0.2, 0.25) is 10.2 Å². The lowest BCUT2D eigenvalue weighted by atomic mass is 10.2. The topological polar surface area (TPSA) is 38.0 Å². The Kier molecular flexibility index (Phi) is 2.39. The first-order chi connectivity index (χ1) is 6.65. The summed E-state index contributed by atoms with van der Waals surface area (Å²) in [6, 6.07) is 1.86. The molecular weight excluding hydrogens is 223 g/mol. The minimum absolute atomic E-state index is 0.137. The third kappa shape index (κ3) is 1.29. The van der Waals surface area contributed by atoms with Crippen molar-refractivity contribution in [2.24, 2.45) is 7.05 Å². The highest BCUT2D eigenvalue weighted by Crippen LogP contribution is 2.30. The van der Waals surface area contributed by atoms with Gasteiger partial charge in [0.15, 0.2) is 0 Å². The van der Waals surface area contributed by atoms with Crippen LogP contribution >= 0.6 is 23.2 Å². The molecule has 0 aliphatic carbocycles. The molecule has 2 heterocycles. The first kappa shape index (κ1) is 9.77. The van der Waals surface area contributed by atoms with Crippen LogP contribution in [-0.4, -0.2) is 14.7 Å². The van der Waals surface area contributed by atoms with Crippen LogP contribution in [0.4, 0.5) is 0 Å². The van der Waals surface area contributed by atoms with E-state index in [2.05, 4.69) is 4.98 Å². The molecule has 0 radical (unpaired) electrons. The summed E-state index contributed by atoms with van der Waals surface area (Å²) in [5.74, 6) is 0. The van der Waals surface area contributed by atoms with Gasteiger partial charge in [0.05, 0.1) is 11.6 Å². The highest BCUT2D eigenvalue weighted by atomic mass is 35.5. The second kappa shape index (κ2) is 3.42. The van der Waals surface area contributed by atoms with E-state index in [-0.39, 0.29) is 11.8 Å². The smallest absolute Gasteiger partial charge is 0.150 e. The van der Waals surface area contributed by atoms with E-state index in [1.54, 1.807) is 0 Å². The Bertz CT molecular complexity index is 493. The van der Waals surface area contributed by atoms with E-state index >= 15 is 0 Å². The Balaban J connectivity index is 2.90. The zero-order chi connectivity index (χ0) is 10.3.